The van der Waals surface area contributed by atoms with E-state index in [0.29, 0.717) is 57.9 Å². The van der Waals surface area contributed by atoms with Gasteiger partial charge in [-0.2, -0.15) is 0 Å². The van der Waals surface area contributed by atoms with Crippen molar-refractivity contribution in [1.29, 1.82) is 0 Å². The predicted octanol–water partition coefficient (Wildman–Crippen LogP) is 4.67. The summed E-state index contributed by atoms with van der Waals surface area (Å²) in [6.07, 6.45) is 10.5. The first-order valence-corrected chi connectivity index (χ1v) is 20.1. The van der Waals surface area contributed by atoms with Gasteiger partial charge in [0.25, 0.3) is 20.0 Å². The van der Waals surface area contributed by atoms with Crippen molar-refractivity contribution in [2.24, 2.45) is 0 Å². The second-order valence-corrected chi connectivity index (χ2v) is 16.0. The zero-order valence-electron chi connectivity index (χ0n) is 30.4. The van der Waals surface area contributed by atoms with Crippen LogP contribution >= 0.6 is 0 Å². The molecule has 16 heteroatoms. The van der Waals surface area contributed by atoms with Crippen molar-refractivity contribution < 1.29 is 35.9 Å². The fraction of sp³-hybridized carbons (Fsp3) is 0.150. The molecule has 288 valence electrons. The van der Waals surface area contributed by atoms with Crippen LogP contribution in [-0.2, 0) is 65.4 Å². The minimum atomic E-state index is -4.02. The molecule has 0 fully saturated rings. The van der Waals surface area contributed by atoms with Gasteiger partial charge in [0, 0.05) is 73.5 Å². The molecule has 0 saturated heterocycles. The third-order valence-corrected chi connectivity index (χ3v) is 11.8. The molecule has 2 N–H and O–H groups in total. The number of nitrogens with zero attached hydrogens (tertiary/aromatic N) is 4. The van der Waals surface area contributed by atoms with Gasteiger partial charge < -0.3 is 20.1 Å². The second-order valence-electron chi connectivity index (χ2n) is 12.4. The van der Waals surface area contributed by atoms with Crippen molar-refractivity contribution in [3.8, 4) is 22.5 Å². The van der Waals surface area contributed by atoms with Crippen molar-refractivity contribution in [3.05, 3.63) is 157 Å². The first-order chi connectivity index (χ1) is 27.0. The maximum atomic E-state index is 13.7. The fourth-order valence-electron chi connectivity index (χ4n) is 5.93. The molecule has 6 aromatic rings. The van der Waals surface area contributed by atoms with E-state index in [1.54, 1.807) is 86.9 Å². The molecule has 0 aliphatic rings. The molecule has 4 heterocycles. The van der Waals surface area contributed by atoms with Gasteiger partial charge in [-0.1, -0.05) is 48.5 Å². The lowest BCUT2D eigenvalue weighted by molar-refractivity contribution is -0.141. The quantitative estimate of drug-likeness (QED) is 0.102. The highest BCUT2D eigenvalue weighted by Crippen LogP contribution is 2.32. The molecule has 0 aliphatic carbocycles. The summed E-state index contributed by atoms with van der Waals surface area (Å²) in [6.45, 7) is 0.369. The molecule has 0 atom stereocenters. The highest BCUT2D eigenvalue weighted by Gasteiger charge is 2.25. The van der Waals surface area contributed by atoms with Gasteiger partial charge in [0.15, 0.2) is 0 Å². The number of aromatic nitrogens is 4. The average molecular weight is 795 g/mol. The molecular weight excluding hydrogens is 757 g/mol. The van der Waals surface area contributed by atoms with Gasteiger partial charge in [-0.15, -0.1) is 0 Å². The Morgan fingerprint density at radius 2 is 1.04 bits per heavy atom. The predicted molar refractivity (Wildman–Crippen MR) is 208 cm³/mol. The van der Waals surface area contributed by atoms with Gasteiger partial charge >= 0.3 is 11.9 Å². The van der Waals surface area contributed by atoms with Gasteiger partial charge in [0.05, 0.1) is 11.4 Å². The maximum Gasteiger partial charge on any atom is 0.331 e. The minimum absolute atomic E-state index is 0.0133. The number of hydrogen-bond acceptors (Lipinski definition) is 12. The van der Waals surface area contributed by atoms with Gasteiger partial charge in [-0.25, -0.2) is 34.4 Å². The Kier molecular flexibility index (Phi) is 12.3. The molecule has 0 bridgehead atoms. The summed E-state index contributed by atoms with van der Waals surface area (Å²) >= 11 is 0. The summed E-state index contributed by atoms with van der Waals surface area (Å²) in [6, 6.07) is 23.4. The monoisotopic (exact) mass is 794 g/mol. The fourth-order valence-corrected chi connectivity index (χ4v) is 8.65. The van der Waals surface area contributed by atoms with Crippen LogP contribution in [0.25, 0.3) is 22.5 Å². The van der Waals surface area contributed by atoms with Crippen LogP contribution < -0.4 is 10.6 Å². The molecule has 0 unspecified atom stereocenters. The Hall–Kier alpha value is -6.20. The van der Waals surface area contributed by atoms with Crippen LogP contribution in [0.3, 0.4) is 0 Å². The molecule has 0 aliphatic heterocycles. The summed E-state index contributed by atoms with van der Waals surface area (Å²) in [4.78, 5) is 33.5. The van der Waals surface area contributed by atoms with Gasteiger partial charge in [-0.3, -0.25) is 9.97 Å². The van der Waals surface area contributed by atoms with Gasteiger partial charge in [0.1, 0.15) is 23.0 Å². The second kappa shape index (κ2) is 17.5. The van der Waals surface area contributed by atoms with Crippen LogP contribution in [0.4, 0.5) is 0 Å². The number of ether oxygens (including phenoxy) is 2. The first-order valence-electron chi connectivity index (χ1n) is 17.2. The number of nitrogens with one attached hydrogen (secondary N) is 2. The van der Waals surface area contributed by atoms with E-state index in [4.69, 9.17) is 9.47 Å². The number of carbonyl (C=O) groups excluding carboxylic acids is 2. The number of pyridine rings is 2. The Bertz CT molecular complexity index is 2410. The molecule has 0 amide bonds. The Morgan fingerprint density at radius 3 is 1.41 bits per heavy atom. The molecule has 0 radical (unpaired) electrons. The number of carbonyl (C=O) groups is 2. The van der Waals surface area contributed by atoms with Crippen molar-refractivity contribution in [1.82, 2.24) is 28.5 Å². The van der Waals surface area contributed by atoms with Crippen LogP contribution in [-0.4, -0.2) is 60.8 Å². The van der Waals surface area contributed by atoms with Crippen LogP contribution in [0.1, 0.15) is 22.3 Å². The van der Waals surface area contributed by atoms with Crippen LogP contribution in [0.15, 0.2) is 144 Å². The van der Waals surface area contributed by atoms with Crippen molar-refractivity contribution >= 4 is 32.0 Å². The highest BCUT2D eigenvalue weighted by atomic mass is 32.2. The Labute approximate surface area is 324 Å². The largest absolute Gasteiger partial charge is 0.458 e. The molecule has 6 rings (SSSR count). The molecular formula is C40H38N6O8S2. The van der Waals surface area contributed by atoms with Crippen LogP contribution in [0, 0.1) is 0 Å². The Balaban J connectivity index is 1.15. The van der Waals surface area contributed by atoms with E-state index in [0.717, 1.165) is 12.2 Å². The first kappa shape index (κ1) is 39.5. The van der Waals surface area contributed by atoms with Gasteiger partial charge in [0.2, 0.25) is 0 Å². The van der Waals surface area contributed by atoms with Crippen molar-refractivity contribution in [3.63, 3.8) is 0 Å². The number of rotatable bonds is 16. The normalized spacial score (nSPS) is 11.8. The van der Waals surface area contributed by atoms with Crippen molar-refractivity contribution in [2.45, 2.75) is 36.1 Å². The summed E-state index contributed by atoms with van der Waals surface area (Å²) in [5.41, 5.74) is 4.26. The molecule has 56 heavy (non-hydrogen) atoms. The van der Waals surface area contributed by atoms with E-state index < -0.39 is 32.0 Å². The zero-order chi connectivity index (χ0) is 39.7. The highest BCUT2D eigenvalue weighted by molar-refractivity contribution is 7.90. The lowest BCUT2D eigenvalue weighted by atomic mass is 10.0. The van der Waals surface area contributed by atoms with Gasteiger partial charge in [-0.05, 0) is 72.7 Å². The number of hydrogen-bond donors (Lipinski definition) is 2. The third kappa shape index (κ3) is 8.84. The third-order valence-electron chi connectivity index (χ3n) is 8.51. The number of benzene rings is 2. The molecule has 2 aromatic carbocycles. The van der Waals surface area contributed by atoms with E-state index in [-0.39, 0.29) is 23.0 Å². The summed E-state index contributed by atoms with van der Waals surface area (Å²) in [5.74, 6) is -1.66. The lowest BCUT2D eigenvalue weighted by Crippen LogP contribution is -2.14. The average Bonchev–Trinajstić information content (AvgIpc) is 3.85. The topological polar surface area (TPSA) is 181 Å². The van der Waals surface area contributed by atoms with Crippen LogP contribution in [0.2, 0.25) is 0 Å². The summed E-state index contributed by atoms with van der Waals surface area (Å²) in [5, 5.41) is 6.06. The summed E-state index contributed by atoms with van der Waals surface area (Å²) in [7, 11) is -4.54. The lowest BCUT2D eigenvalue weighted by Gasteiger charge is -2.14. The SMILES string of the molecule is CNCc1cc(-c2ccccc2COC(=O)/C=C/C(=O)OCc2ccccc2-c2cc(CNC)cn2S(=O)(=O)c2cccnc2)n(S(=O)(=O)c2cccnc2)c1. The maximum absolute atomic E-state index is 13.7. The molecule has 14 nitrogen and oxygen atoms in total. The standard InChI is InChI=1S/C40H38N6O8S2/c1-41-21-29-19-37(45(25-29)55(49,50)33-11-7-17-43-23-33)35-13-5-3-9-31(35)27-53-39(47)15-16-40(48)54-28-32-10-4-6-14-36(32)38-20-30(22-42-2)26-46(38)56(51,52)34-12-8-18-44-24-34/h3-20,23-26,41-42H,21-22,27-28H2,1-2H3/b16-15+. The minimum Gasteiger partial charge on any atom is -0.458 e. The van der Waals surface area contributed by atoms with Crippen molar-refractivity contribution in [2.75, 3.05) is 14.1 Å². The smallest absolute Gasteiger partial charge is 0.331 e. The van der Waals surface area contributed by atoms with E-state index in [1.165, 1.54) is 57.3 Å². The number of esters is 2. The van der Waals surface area contributed by atoms with E-state index in [9.17, 15) is 26.4 Å². The molecule has 4 aromatic heterocycles. The molecule has 0 spiro atoms. The molecule has 0 saturated carbocycles. The zero-order valence-corrected chi connectivity index (χ0v) is 32.0. The van der Waals surface area contributed by atoms with E-state index in [2.05, 4.69) is 20.6 Å². The summed E-state index contributed by atoms with van der Waals surface area (Å²) < 4.78 is 68.0. The van der Waals surface area contributed by atoms with Crippen LogP contribution in [0.5, 0.6) is 0 Å². The van der Waals surface area contributed by atoms with E-state index >= 15 is 0 Å². The van der Waals surface area contributed by atoms with E-state index in [1.807, 2.05) is 0 Å². The Morgan fingerprint density at radius 1 is 0.625 bits per heavy atom.